The van der Waals surface area contributed by atoms with Crippen LogP contribution in [0.1, 0.15) is 25.8 Å². The minimum absolute atomic E-state index is 0.0403. The van der Waals surface area contributed by atoms with E-state index in [1.807, 2.05) is 24.3 Å². The third-order valence-electron chi connectivity index (χ3n) is 5.79. The van der Waals surface area contributed by atoms with Crippen molar-refractivity contribution in [2.45, 2.75) is 37.8 Å². The van der Waals surface area contributed by atoms with E-state index in [1.54, 1.807) is 26.0 Å². The number of halogens is 1. The Labute approximate surface area is 205 Å². The Morgan fingerprint density at radius 1 is 0.971 bits per heavy atom. The van der Waals surface area contributed by atoms with Gasteiger partial charge in [-0.25, -0.2) is 12.8 Å². The van der Waals surface area contributed by atoms with Crippen molar-refractivity contribution in [3.63, 3.8) is 0 Å². The summed E-state index contributed by atoms with van der Waals surface area (Å²) in [5.41, 5.74) is 0.627. The number of benzene rings is 3. The SMILES string of the molecule is CCNC(=O)[C@H](CC)N(Cc1ccc(F)cc1)C(=O)CN(C)S(=O)(=O)c1ccc2ccccc2c1. The van der Waals surface area contributed by atoms with Gasteiger partial charge in [0.15, 0.2) is 0 Å². The lowest BCUT2D eigenvalue weighted by molar-refractivity contribution is -0.141. The summed E-state index contributed by atoms with van der Waals surface area (Å²) >= 11 is 0. The summed E-state index contributed by atoms with van der Waals surface area (Å²) in [4.78, 5) is 27.5. The van der Waals surface area contributed by atoms with Crippen LogP contribution in [-0.4, -0.2) is 55.6 Å². The second-order valence-corrected chi connectivity index (χ2v) is 10.3. The van der Waals surface area contributed by atoms with E-state index >= 15 is 0 Å². The molecule has 1 atom stereocenters. The Kier molecular flexibility index (Phi) is 8.58. The van der Waals surface area contributed by atoms with Crippen LogP contribution in [0.4, 0.5) is 4.39 Å². The van der Waals surface area contributed by atoms with Crippen LogP contribution in [0, 0.1) is 5.82 Å². The van der Waals surface area contributed by atoms with Crippen molar-refractivity contribution in [2.24, 2.45) is 0 Å². The molecule has 0 bridgehead atoms. The smallest absolute Gasteiger partial charge is 0.243 e. The van der Waals surface area contributed by atoms with Gasteiger partial charge in [-0.1, -0.05) is 49.4 Å². The Hall–Kier alpha value is -3.30. The molecule has 1 N–H and O–H groups in total. The minimum Gasteiger partial charge on any atom is -0.355 e. The summed E-state index contributed by atoms with van der Waals surface area (Å²) in [6, 6.07) is 17.0. The Balaban J connectivity index is 1.87. The number of hydrogen-bond acceptors (Lipinski definition) is 4. The molecule has 0 radical (unpaired) electrons. The van der Waals surface area contributed by atoms with Crippen LogP contribution in [0.15, 0.2) is 71.6 Å². The number of carbonyl (C=O) groups is 2. The fourth-order valence-corrected chi connectivity index (χ4v) is 5.03. The van der Waals surface area contributed by atoms with Gasteiger partial charge in [-0.3, -0.25) is 9.59 Å². The van der Waals surface area contributed by atoms with Crippen molar-refractivity contribution in [1.29, 1.82) is 0 Å². The van der Waals surface area contributed by atoms with E-state index < -0.39 is 34.3 Å². The fourth-order valence-electron chi connectivity index (χ4n) is 3.87. The predicted octanol–water partition coefficient (Wildman–Crippen LogP) is 3.54. The molecule has 0 aliphatic rings. The number of hydrogen-bond donors (Lipinski definition) is 1. The Bertz CT molecular complexity index is 1300. The number of nitrogens with zero attached hydrogens (tertiary/aromatic N) is 2. The van der Waals surface area contributed by atoms with E-state index in [-0.39, 0.29) is 17.3 Å². The van der Waals surface area contributed by atoms with Crippen molar-refractivity contribution in [2.75, 3.05) is 20.1 Å². The van der Waals surface area contributed by atoms with Gasteiger partial charge in [0.1, 0.15) is 11.9 Å². The standard InChI is InChI=1S/C26H30FN3O4S/c1-4-24(26(32)28-5-2)30(17-19-10-13-22(27)14-11-19)25(31)18-29(3)35(33,34)23-15-12-20-8-6-7-9-21(20)16-23/h6-16,24H,4-5,17-18H2,1-3H3,(H,28,32)/t24-/m0/s1. The van der Waals surface area contributed by atoms with E-state index in [2.05, 4.69) is 5.32 Å². The maximum atomic E-state index is 13.4. The van der Waals surface area contributed by atoms with Crippen molar-refractivity contribution in [3.05, 3.63) is 78.1 Å². The molecule has 3 aromatic carbocycles. The number of likely N-dealkylation sites (N-methyl/N-ethyl adjacent to an activating group) is 2. The van der Waals surface area contributed by atoms with E-state index in [0.717, 1.165) is 15.1 Å². The number of rotatable bonds is 10. The van der Waals surface area contributed by atoms with Gasteiger partial charge in [0, 0.05) is 20.1 Å². The van der Waals surface area contributed by atoms with Crippen LogP contribution < -0.4 is 5.32 Å². The number of amides is 2. The average molecular weight is 500 g/mol. The summed E-state index contributed by atoms with van der Waals surface area (Å²) in [5, 5.41) is 4.41. The molecule has 7 nitrogen and oxygen atoms in total. The van der Waals surface area contributed by atoms with Crippen LogP contribution in [0.2, 0.25) is 0 Å². The zero-order valence-electron chi connectivity index (χ0n) is 20.1. The quantitative estimate of drug-likeness (QED) is 0.462. The van der Waals surface area contributed by atoms with Crippen molar-refractivity contribution < 1.29 is 22.4 Å². The van der Waals surface area contributed by atoms with Gasteiger partial charge < -0.3 is 10.2 Å². The first kappa shape index (κ1) is 26.3. The second kappa shape index (κ2) is 11.4. The molecule has 0 saturated carbocycles. The Morgan fingerprint density at radius 2 is 1.63 bits per heavy atom. The summed E-state index contributed by atoms with van der Waals surface area (Å²) in [7, 11) is -2.63. The molecule has 0 spiro atoms. The molecule has 0 aliphatic heterocycles. The molecular weight excluding hydrogens is 469 g/mol. The molecule has 3 rings (SSSR count). The Morgan fingerprint density at radius 3 is 2.26 bits per heavy atom. The summed E-state index contributed by atoms with van der Waals surface area (Å²) in [5.74, 6) is -1.27. The van der Waals surface area contributed by atoms with Crippen LogP contribution in [0.3, 0.4) is 0 Å². The molecule has 35 heavy (non-hydrogen) atoms. The molecule has 0 heterocycles. The second-order valence-electron chi connectivity index (χ2n) is 8.24. The van der Waals surface area contributed by atoms with Crippen LogP contribution in [0.25, 0.3) is 10.8 Å². The van der Waals surface area contributed by atoms with Gasteiger partial charge in [-0.2, -0.15) is 4.31 Å². The first-order valence-electron chi connectivity index (χ1n) is 11.4. The zero-order chi connectivity index (χ0) is 25.6. The van der Waals surface area contributed by atoms with Gasteiger partial charge in [-0.15, -0.1) is 0 Å². The first-order chi connectivity index (χ1) is 16.7. The minimum atomic E-state index is -3.96. The predicted molar refractivity (Wildman–Crippen MR) is 133 cm³/mol. The molecule has 0 saturated heterocycles. The molecule has 0 unspecified atom stereocenters. The number of carbonyl (C=O) groups excluding carboxylic acids is 2. The highest BCUT2D eigenvalue weighted by molar-refractivity contribution is 7.89. The van der Waals surface area contributed by atoms with E-state index in [9.17, 15) is 22.4 Å². The highest BCUT2D eigenvalue weighted by Gasteiger charge is 2.31. The van der Waals surface area contributed by atoms with Crippen molar-refractivity contribution in [3.8, 4) is 0 Å². The molecular formula is C26H30FN3O4S. The third-order valence-corrected chi connectivity index (χ3v) is 7.59. The molecule has 0 fully saturated rings. The fraction of sp³-hybridized carbons (Fsp3) is 0.308. The highest BCUT2D eigenvalue weighted by Crippen LogP contribution is 2.22. The lowest BCUT2D eigenvalue weighted by atomic mass is 10.1. The van der Waals surface area contributed by atoms with Crippen LogP contribution >= 0.6 is 0 Å². The molecule has 9 heteroatoms. The zero-order valence-corrected chi connectivity index (χ0v) is 20.9. The number of nitrogens with one attached hydrogen (secondary N) is 1. The van der Waals surface area contributed by atoms with Gasteiger partial charge in [0.25, 0.3) is 0 Å². The topological polar surface area (TPSA) is 86.8 Å². The third kappa shape index (κ3) is 6.23. The summed E-state index contributed by atoms with van der Waals surface area (Å²) in [6.07, 6.45) is 0.333. The maximum Gasteiger partial charge on any atom is 0.243 e. The summed E-state index contributed by atoms with van der Waals surface area (Å²) in [6.45, 7) is 3.54. The van der Waals surface area contributed by atoms with Gasteiger partial charge in [-0.05, 0) is 53.9 Å². The number of fused-ring (bicyclic) bond motifs is 1. The normalized spacial score (nSPS) is 12.5. The van der Waals surface area contributed by atoms with E-state index in [1.165, 1.54) is 42.3 Å². The van der Waals surface area contributed by atoms with Gasteiger partial charge in [0.2, 0.25) is 21.8 Å². The average Bonchev–Trinajstić information content (AvgIpc) is 2.84. The monoisotopic (exact) mass is 499 g/mol. The molecule has 0 aromatic heterocycles. The molecule has 2 amide bonds. The molecule has 3 aromatic rings. The van der Waals surface area contributed by atoms with E-state index in [4.69, 9.17) is 0 Å². The van der Waals surface area contributed by atoms with Crippen LogP contribution in [-0.2, 0) is 26.2 Å². The lowest BCUT2D eigenvalue weighted by Crippen LogP contribution is -2.51. The van der Waals surface area contributed by atoms with E-state index in [0.29, 0.717) is 18.5 Å². The van der Waals surface area contributed by atoms with Gasteiger partial charge >= 0.3 is 0 Å². The summed E-state index contributed by atoms with van der Waals surface area (Å²) < 4.78 is 40.8. The first-order valence-corrected chi connectivity index (χ1v) is 12.9. The van der Waals surface area contributed by atoms with Crippen molar-refractivity contribution >= 4 is 32.6 Å². The lowest BCUT2D eigenvalue weighted by Gasteiger charge is -2.31. The molecule has 0 aliphatic carbocycles. The molecule has 186 valence electrons. The van der Waals surface area contributed by atoms with Crippen LogP contribution in [0.5, 0.6) is 0 Å². The number of sulfonamides is 1. The van der Waals surface area contributed by atoms with Gasteiger partial charge in [0.05, 0.1) is 11.4 Å². The largest absolute Gasteiger partial charge is 0.355 e. The van der Waals surface area contributed by atoms with Crippen molar-refractivity contribution in [1.82, 2.24) is 14.5 Å². The highest BCUT2D eigenvalue weighted by atomic mass is 32.2. The maximum absolute atomic E-state index is 13.4.